The van der Waals surface area contributed by atoms with E-state index in [1.54, 1.807) is 0 Å². The van der Waals surface area contributed by atoms with Crippen LogP contribution in [-0.4, -0.2) is 0 Å². The zero-order chi connectivity index (χ0) is 4.50. The van der Waals surface area contributed by atoms with Gasteiger partial charge in [0.05, 0.1) is 0 Å². The summed E-state index contributed by atoms with van der Waals surface area (Å²) < 4.78 is 8.55. The first-order chi connectivity index (χ1) is 2.00. The van der Waals surface area contributed by atoms with Gasteiger partial charge < -0.3 is 19.2 Å². The fourth-order valence-corrected chi connectivity index (χ4v) is 0. The Morgan fingerprint density at radius 2 is 1.14 bits per heavy atom. The van der Waals surface area contributed by atoms with Gasteiger partial charge in [0, 0.05) is 18.6 Å². The molecule has 0 fully saturated rings. The van der Waals surface area contributed by atoms with Gasteiger partial charge in [0.15, 0.2) is 0 Å². The first-order valence-corrected chi connectivity index (χ1v) is 2.19. The zero-order valence-electron chi connectivity index (χ0n) is 2.97. The van der Waals surface area contributed by atoms with Crippen LogP contribution in [0.1, 0.15) is 0 Å². The van der Waals surface area contributed by atoms with Gasteiger partial charge in [-0.25, -0.2) is 0 Å². The standard InChI is InChI=1S/Nb.H3O4P.V/c;1-5(2,3)4;/h;(H3,1,2,3,4);/q+5;;/p-3. The van der Waals surface area contributed by atoms with Crippen molar-refractivity contribution in [3.8, 4) is 0 Å². The van der Waals surface area contributed by atoms with E-state index in [-0.39, 0.29) is 40.9 Å². The van der Waals surface area contributed by atoms with E-state index in [9.17, 15) is 0 Å². The molecule has 0 atom stereocenters. The third kappa shape index (κ3) is 107. The fourth-order valence-electron chi connectivity index (χ4n) is 0. The Labute approximate surface area is 67.9 Å². The van der Waals surface area contributed by atoms with E-state index in [0.717, 1.165) is 0 Å². The molecule has 0 spiro atoms. The van der Waals surface area contributed by atoms with Gasteiger partial charge in [0.25, 0.3) is 0 Å². The molecular weight excluding hydrogens is 239 g/mol. The van der Waals surface area contributed by atoms with E-state index >= 15 is 0 Å². The second-order valence-electron chi connectivity index (χ2n) is 0.447. The molecule has 0 amide bonds. The van der Waals surface area contributed by atoms with Crippen molar-refractivity contribution >= 4 is 7.82 Å². The summed E-state index contributed by atoms with van der Waals surface area (Å²) in [7, 11) is -5.39. The quantitative estimate of drug-likeness (QED) is 0.336. The molecule has 7 heteroatoms. The molecule has 0 aromatic carbocycles. The van der Waals surface area contributed by atoms with Gasteiger partial charge in [-0.15, -0.1) is 0 Å². The molecule has 0 aliphatic heterocycles. The third-order valence-electron chi connectivity index (χ3n) is 0. The molecule has 0 saturated carbocycles. The Balaban J connectivity index is -0.0000000800. The van der Waals surface area contributed by atoms with Crippen LogP contribution in [0.25, 0.3) is 0 Å². The van der Waals surface area contributed by atoms with E-state index in [2.05, 4.69) is 0 Å². The molecule has 0 saturated heterocycles. The second-order valence-corrected chi connectivity index (χ2v) is 1.34. The minimum Gasteiger partial charge on any atom is -0.822 e. The molecule has 0 heterocycles. The summed E-state index contributed by atoms with van der Waals surface area (Å²) in [6.07, 6.45) is 0. The summed E-state index contributed by atoms with van der Waals surface area (Å²) >= 11 is 0. The van der Waals surface area contributed by atoms with E-state index in [1.165, 1.54) is 0 Å². The monoisotopic (exact) mass is 239 g/mol. The maximum absolute atomic E-state index is 8.55. The van der Waals surface area contributed by atoms with Crippen LogP contribution in [-0.2, 0) is 45.5 Å². The summed E-state index contributed by atoms with van der Waals surface area (Å²) in [5.74, 6) is 0. The molecule has 0 aliphatic carbocycles. The molecule has 7 heavy (non-hydrogen) atoms. The second kappa shape index (κ2) is 5.57. The van der Waals surface area contributed by atoms with Crippen LogP contribution >= 0.6 is 7.82 Å². The summed E-state index contributed by atoms with van der Waals surface area (Å²) in [5.41, 5.74) is 0. The molecule has 0 aromatic heterocycles. The SMILES string of the molecule is O=P([O-])([O-])[O-].[Nb+5].[V]. The first kappa shape index (κ1) is 15.8. The van der Waals surface area contributed by atoms with E-state index in [0.29, 0.717) is 0 Å². The number of rotatable bonds is 0. The minimum atomic E-state index is -5.39. The fraction of sp³-hybridized carbons (Fsp3) is 0. The van der Waals surface area contributed by atoms with Gasteiger partial charge in [0.2, 0.25) is 0 Å². The molecule has 0 N–H and O–H groups in total. The normalized spacial score (nSPS) is 8.43. The van der Waals surface area contributed by atoms with Crippen molar-refractivity contribution < 1.29 is 60.2 Å². The van der Waals surface area contributed by atoms with Crippen LogP contribution in [0.4, 0.5) is 0 Å². The van der Waals surface area contributed by atoms with Crippen molar-refractivity contribution in [2.45, 2.75) is 0 Å². The average molecular weight is 239 g/mol. The average Bonchev–Trinajstić information content (AvgIpc) is 0.722. The van der Waals surface area contributed by atoms with Crippen LogP contribution in [0.3, 0.4) is 0 Å². The number of phosphoric acid groups is 1. The molecule has 4 nitrogen and oxygen atoms in total. The molecule has 37 valence electrons. The number of hydrogen-bond acceptors (Lipinski definition) is 4. The van der Waals surface area contributed by atoms with Crippen LogP contribution in [0.2, 0.25) is 0 Å². The molecule has 1 radical (unpaired) electrons. The first-order valence-electron chi connectivity index (χ1n) is 0.730. The van der Waals surface area contributed by atoms with Crippen LogP contribution < -0.4 is 14.7 Å². The predicted molar refractivity (Wildman–Crippen MR) is 7.61 cm³/mol. The van der Waals surface area contributed by atoms with E-state index in [1.807, 2.05) is 0 Å². The molecule has 0 aliphatic rings. The molecule has 0 bridgehead atoms. The van der Waals surface area contributed by atoms with Crippen LogP contribution in [0, 0.1) is 0 Å². The summed E-state index contributed by atoms with van der Waals surface area (Å²) in [5, 5.41) is 0. The van der Waals surface area contributed by atoms with Gasteiger partial charge in [-0.2, -0.15) is 7.82 Å². The maximum Gasteiger partial charge on any atom is 5.00 e. The Hall–Kier alpha value is 1.43. The molecular formula is NbO4PV+2. The topological polar surface area (TPSA) is 86.2 Å². The summed E-state index contributed by atoms with van der Waals surface area (Å²) in [6, 6.07) is 0. The summed E-state index contributed by atoms with van der Waals surface area (Å²) in [4.78, 5) is 25.6. The van der Waals surface area contributed by atoms with Crippen LogP contribution in [0.15, 0.2) is 0 Å². The Morgan fingerprint density at radius 3 is 1.14 bits per heavy atom. The Kier molecular flexibility index (Phi) is 12.6. The van der Waals surface area contributed by atoms with Crippen LogP contribution in [0.5, 0.6) is 0 Å². The van der Waals surface area contributed by atoms with Crippen molar-refractivity contribution in [2.75, 3.05) is 0 Å². The zero-order valence-corrected chi connectivity index (χ0v) is 7.46. The summed E-state index contributed by atoms with van der Waals surface area (Å²) in [6.45, 7) is 0. The van der Waals surface area contributed by atoms with E-state index < -0.39 is 7.82 Å². The van der Waals surface area contributed by atoms with Crippen molar-refractivity contribution in [3.63, 3.8) is 0 Å². The third-order valence-corrected chi connectivity index (χ3v) is 0. The molecule has 0 unspecified atom stereocenters. The molecule has 0 aromatic rings. The minimum absolute atomic E-state index is 0. The van der Waals surface area contributed by atoms with Gasteiger partial charge in [-0.3, -0.25) is 0 Å². The van der Waals surface area contributed by atoms with Crippen molar-refractivity contribution in [1.29, 1.82) is 0 Å². The predicted octanol–water partition coefficient (Wildman–Crippen LogP) is -2.83. The largest absolute Gasteiger partial charge is 5.00 e. The Morgan fingerprint density at radius 1 is 1.14 bits per heavy atom. The van der Waals surface area contributed by atoms with Gasteiger partial charge in [0.1, 0.15) is 0 Å². The number of hydrogen-bond donors (Lipinski definition) is 0. The maximum atomic E-state index is 8.55. The van der Waals surface area contributed by atoms with Crippen molar-refractivity contribution in [3.05, 3.63) is 0 Å². The smallest absolute Gasteiger partial charge is 0.822 e. The van der Waals surface area contributed by atoms with E-state index in [4.69, 9.17) is 19.2 Å². The van der Waals surface area contributed by atoms with Crippen molar-refractivity contribution in [2.24, 2.45) is 0 Å². The van der Waals surface area contributed by atoms with Gasteiger partial charge in [-0.05, 0) is 0 Å². The Bertz CT molecular complexity index is 57.8. The van der Waals surface area contributed by atoms with Crippen molar-refractivity contribution in [1.82, 2.24) is 0 Å². The van der Waals surface area contributed by atoms with Gasteiger partial charge >= 0.3 is 22.4 Å². The molecule has 0 rings (SSSR count). The van der Waals surface area contributed by atoms with Gasteiger partial charge in [-0.1, -0.05) is 0 Å².